The standard InChI is InChI=1S/C13H19F2N3O2/c1-17(2)12(20)11-4-3-9(16-11)6-18-8-13(14,15)5-10(18)7-19/h3-4,10,16,19H,5-8H2,1-2H3. The van der Waals surface area contributed by atoms with E-state index in [4.69, 9.17) is 5.11 Å². The number of aromatic nitrogens is 1. The van der Waals surface area contributed by atoms with Gasteiger partial charge in [-0.05, 0) is 12.1 Å². The first-order valence-electron chi connectivity index (χ1n) is 6.44. The van der Waals surface area contributed by atoms with Gasteiger partial charge in [-0.3, -0.25) is 9.69 Å². The summed E-state index contributed by atoms with van der Waals surface area (Å²) in [5, 5.41) is 9.17. The molecule has 20 heavy (non-hydrogen) atoms. The maximum atomic E-state index is 13.3. The normalized spacial score (nSPS) is 22.1. The fourth-order valence-electron chi connectivity index (χ4n) is 2.45. The van der Waals surface area contributed by atoms with Crippen molar-refractivity contribution in [1.29, 1.82) is 0 Å². The van der Waals surface area contributed by atoms with E-state index in [2.05, 4.69) is 4.98 Å². The molecule has 1 aliphatic heterocycles. The number of H-pyrrole nitrogens is 1. The number of nitrogens with zero attached hydrogens (tertiary/aromatic N) is 2. The summed E-state index contributed by atoms with van der Waals surface area (Å²) in [5.41, 5.74) is 1.11. The zero-order valence-electron chi connectivity index (χ0n) is 11.6. The number of aliphatic hydroxyl groups excluding tert-OH is 1. The summed E-state index contributed by atoms with van der Waals surface area (Å²) in [6.07, 6.45) is -0.326. The zero-order valence-corrected chi connectivity index (χ0v) is 11.6. The summed E-state index contributed by atoms with van der Waals surface area (Å²) in [6.45, 7) is -0.393. The van der Waals surface area contributed by atoms with Gasteiger partial charge in [-0.15, -0.1) is 0 Å². The molecule has 7 heteroatoms. The van der Waals surface area contributed by atoms with Gasteiger partial charge in [0.1, 0.15) is 5.69 Å². The quantitative estimate of drug-likeness (QED) is 0.865. The van der Waals surface area contributed by atoms with Crippen molar-refractivity contribution >= 4 is 5.91 Å². The molecule has 1 unspecified atom stereocenters. The Kier molecular flexibility index (Phi) is 4.10. The number of alkyl halides is 2. The van der Waals surface area contributed by atoms with E-state index >= 15 is 0 Å². The second-order valence-electron chi connectivity index (χ2n) is 5.40. The fourth-order valence-corrected chi connectivity index (χ4v) is 2.45. The monoisotopic (exact) mass is 287 g/mol. The van der Waals surface area contributed by atoms with Crippen LogP contribution in [0.4, 0.5) is 8.78 Å². The number of rotatable bonds is 4. The summed E-state index contributed by atoms with van der Waals surface area (Å²) in [7, 11) is 3.29. The fraction of sp³-hybridized carbons (Fsp3) is 0.615. The second kappa shape index (κ2) is 5.49. The highest BCUT2D eigenvalue weighted by atomic mass is 19.3. The van der Waals surface area contributed by atoms with Crippen LogP contribution >= 0.6 is 0 Å². The van der Waals surface area contributed by atoms with Gasteiger partial charge in [0.25, 0.3) is 11.8 Å². The highest BCUT2D eigenvalue weighted by Crippen LogP contribution is 2.32. The van der Waals surface area contributed by atoms with Crippen molar-refractivity contribution in [2.45, 2.75) is 24.9 Å². The number of halogens is 2. The maximum absolute atomic E-state index is 13.3. The average molecular weight is 287 g/mol. The van der Waals surface area contributed by atoms with E-state index in [1.165, 1.54) is 9.80 Å². The molecule has 5 nitrogen and oxygen atoms in total. The van der Waals surface area contributed by atoms with E-state index in [1.807, 2.05) is 0 Å². The molecule has 0 spiro atoms. The summed E-state index contributed by atoms with van der Waals surface area (Å²) >= 11 is 0. The van der Waals surface area contributed by atoms with Gasteiger partial charge in [-0.2, -0.15) is 0 Å². The molecule has 1 aromatic rings. The lowest BCUT2D eigenvalue weighted by Crippen LogP contribution is -2.32. The molecule has 0 saturated carbocycles. The predicted octanol–water partition coefficient (Wildman–Crippen LogP) is 0.918. The Bertz CT molecular complexity index is 488. The van der Waals surface area contributed by atoms with Crippen molar-refractivity contribution in [3.8, 4) is 0 Å². The van der Waals surface area contributed by atoms with Gasteiger partial charge >= 0.3 is 0 Å². The van der Waals surface area contributed by atoms with Gasteiger partial charge in [0, 0.05) is 38.8 Å². The third kappa shape index (κ3) is 3.16. The van der Waals surface area contributed by atoms with Crippen LogP contribution in [0.3, 0.4) is 0 Å². The Balaban J connectivity index is 2.05. The first kappa shape index (κ1) is 14.9. The van der Waals surface area contributed by atoms with Crippen molar-refractivity contribution in [2.24, 2.45) is 0 Å². The molecule has 0 radical (unpaired) electrons. The Morgan fingerprint density at radius 3 is 2.85 bits per heavy atom. The predicted molar refractivity (Wildman–Crippen MR) is 69.7 cm³/mol. The molecule has 1 saturated heterocycles. The number of amides is 1. The Morgan fingerprint density at radius 1 is 1.55 bits per heavy atom. The first-order chi connectivity index (χ1) is 9.32. The summed E-state index contributed by atoms with van der Waals surface area (Å²) < 4.78 is 26.7. The molecule has 2 heterocycles. The number of aromatic amines is 1. The zero-order chi connectivity index (χ0) is 14.9. The molecule has 1 aromatic heterocycles. The van der Waals surface area contributed by atoms with Crippen LogP contribution in [0.25, 0.3) is 0 Å². The number of hydrogen-bond acceptors (Lipinski definition) is 3. The van der Waals surface area contributed by atoms with Crippen LogP contribution in [0.5, 0.6) is 0 Å². The topological polar surface area (TPSA) is 59.6 Å². The van der Waals surface area contributed by atoms with Crippen LogP contribution in [0.1, 0.15) is 22.6 Å². The average Bonchev–Trinajstić information content (AvgIpc) is 2.92. The summed E-state index contributed by atoms with van der Waals surface area (Å²) in [4.78, 5) is 17.7. The number of nitrogens with one attached hydrogen (secondary N) is 1. The van der Waals surface area contributed by atoms with Crippen LogP contribution in [-0.4, -0.2) is 65.0 Å². The number of likely N-dealkylation sites (tertiary alicyclic amines) is 1. The van der Waals surface area contributed by atoms with E-state index in [0.29, 0.717) is 11.4 Å². The van der Waals surface area contributed by atoms with Gasteiger partial charge in [0.2, 0.25) is 0 Å². The van der Waals surface area contributed by atoms with Crippen LogP contribution in [0, 0.1) is 0 Å². The molecule has 1 aliphatic rings. The number of hydrogen-bond donors (Lipinski definition) is 2. The van der Waals surface area contributed by atoms with Crippen molar-refractivity contribution in [2.75, 3.05) is 27.2 Å². The van der Waals surface area contributed by atoms with Crippen molar-refractivity contribution in [3.05, 3.63) is 23.5 Å². The minimum Gasteiger partial charge on any atom is -0.395 e. The number of aliphatic hydroxyl groups is 1. The molecule has 2 rings (SSSR count). The van der Waals surface area contributed by atoms with Gasteiger partial charge < -0.3 is 15.0 Å². The van der Waals surface area contributed by atoms with Crippen molar-refractivity contribution < 1.29 is 18.7 Å². The summed E-state index contributed by atoms with van der Waals surface area (Å²) in [6, 6.07) is 2.81. The minimum atomic E-state index is -2.76. The molecule has 112 valence electrons. The van der Waals surface area contributed by atoms with Gasteiger partial charge in [-0.1, -0.05) is 0 Å². The summed E-state index contributed by atoms with van der Waals surface area (Å²) in [5.74, 6) is -2.93. The molecule has 0 aromatic carbocycles. The van der Waals surface area contributed by atoms with E-state index in [1.54, 1.807) is 26.2 Å². The molecule has 1 amide bonds. The van der Waals surface area contributed by atoms with E-state index in [0.717, 1.165) is 0 Å². The number of carbonyl (C=O) groups is 1. The smallest absolute Gasteiger partial charge is 0.269 e. The van der Waals surface area contributed by atoms with Crippen LogP contribution < -0.4 is 0 Å². The Morgan fingerprint density at radius 2 is 2.25 bits per heavy atom. The highest BCUT2D eigenvalue weighted by molar-refractivity contribution is 5.92. The van der Waals surface area contributed by atoms with Gasteiger partial charge in [0.15, 0.2) is 0 Å². The molecule has 1 fully saturated rings. The number of carbonyl (C=O) groups excluding carboxylic acids is 1. The molecular formula is C13H19F2N3O2. The molecule has 2 N–H and O–H groups in total. The van der Waals surface area contributed by atoms with Crippen molar-refractivity contribution in [1.82, 2.24) is 14.8 Å². The van der Waals surface area contributed by atoms with Crippen LogP contribution in [0.2, 0.25) is 0 Å². The SMILES string of the molecule is CN(C)C(=O)c1ccc(CN2CC(F)(F)CC2CO)[nH]1. The molecule has 1 atom stereocenters. The second-order valence-corrected chi connectivity index (χ2v) is 5.40. The lowest BCUT2D eigenvalue weighted by molar-refractivity contribution is 0.0111. The van der Waals surface area contributed by atoms with Crippen LogP contribution in [-0.2, 0) is 6.54 Å². The maximum Gasteiger partial charge on any atom is 0.269 e. The highest BCUT2D eigenvalue weighted by Gasteiger charge is 2.44. The molecule has 0 bridgehead atoms. The van der Waals surface area contributed by atoms with Gasteiger partial charge in [0.05, 0.1) is 13.2 Å². The van der Waals surface area contributed by atoms with E-state index < -0.39 is 12.0 Å². The Labute approximate surface area is 116 Å². The van der Waals surface area contributed by atoms with Gasteiger partial charge in [-0.25, -0.2) is 8.78 Å². The molecule has 0 aliphatic carbocycles. The lowest BCUT2D eigenvalue weighted by Gasteiger charge is -2.20. The largest absolute Gasteiger partial charge is 0.395 e. The third-order valence-corrected chi connectivity index (χ3v) is 3.45. The lowest BCUT2D eigenvalue weighted by atomic mass is 10.2. The minimum absolute atomic E-state index is 0.165. The Hall–Kier alpha value is -1.47. The third-order valence-electron chi connectivity index (χ3n) is 3.45. The van der Waals surface area contributed by atoms with E-state index in [-0.39, 0.29) is 32.0 Å². The molecular weight excluding hydrogens is 268 g/mol. The first-order valence-corrected chi connectivity index (χ1v) is 6.44. The van der Waals surface area contributed by atoms with Crippen molar-refractivity contribution in [3.63, 3.8) is 0 Å². The van der Waals surface area contributed by atoms with E-state index in [9.17, 15) is 13.6 Å². The van der Waals surface area contributed by atoms with Crippen LogP contribution in [0.15, 0.2) is 12.1 Å².